The highest BCUT2D eigenvalue weighted by molar-refractivity contribution is 9.11. The van der Waals surface area contributed by atoms with Gasteiger partial charge < -0.3 is 10.6 Å². The number of nitrogens with two attached hydrogens (primary N) is 1. The van der Waals surface area contributed by atoms with Crippen LogP contribution in [-0.4, -0.2) is 29.9 Å². The van der Waals surface area contributed by atoms with Gasteiger partial charge in [-0.25, -0.2) is 0 Å². The second kappa shape index (κ2) is 4.23. The fourth-order valence-electron chi connectivity index (χ4n) is 1.51. The Hall–Kier alpha value is -0.390. The van der Waals surface area contributed by atoms with Gasteiger partial charge in [-0.15, -0.1) is 0 Å². The maximum Gasteiger partial charge on any atom is 0.255 e. The molecule has 2 N–H and O–H groups in total. The second-order valence-electron chi connectivity index (χ2n) is 3.59. The normalized spacial score (nSPS) is 16.3. The predicted molar refractivity (Wildman–Crippen MR) is 65.7 cm³/mol. The number of rotatable bonds is 1. The van der Waals surface area contributed by atoms with Crippen molar-refractivity contribution >= 4 is 37.8 Å². The van der Waals surface area contributed by atoms with Crippen LogP contribution in [-0.2, 0) is 0 Å². The quantitative estimate of drug-likeness (QED) is 0.854. The van der Waals surface area contributed by atoms with E-state index < -0.39 is 0 Å². The van der Waals surface area contributed by atoms with Crippen LogP contribution in [0.4, 0.5) is 0 Å². The van der Waals surface area contributed by atoms with Gasteiger partial charge in [-0.2, -0.15) is 0 Å². The Balaban J connectivity index is 2.22. The van der Waals surface area contributed by atoms with E-state index in [9.17, 15) is 4.79 Å². The Morgan fingerprint density at radius 3 is 2.67 bits per heavy atom. The highest BCUT2D eigenvalue weighted by atomic mass is 79.9. The average Bonchev–Trinajstić information content (AvgIpc) is 2.16. The number of hydrogen-bond acceptors (Lipinski definition) is 2. The van der Waals surface area contributed by atoms with Crippen molar-refractivity contribution in [2.45, 2.75) is 6.04 Å². The first-order valence-electron chi connectivity index (χ1n) is 4.58. The molecule has 5 heteroatoms. The van der Waals surface area contributed by atoms with Crippen LogP contribution in [0.5, 0.6) is 0 Å². The van der Waals surface area contributed by atoms with E-state index in [-0.39, 0.29) is 11.9 Å². The molecule has 1 aliphatic heterocycles. The third kappa shape index (κ3) is 2.24. The first-order chi connectivity index (χ1) is 7.08. The molecular formula is C10H10Br2N2O. The number of amides is 1. The van der Waals surface area contributed by atoms with Crippen LogP contribution in [0.15, 0.2) is 27.1 Å². The number of carbonyl (C=O) groups is 1. The molecule has 0 bridgehead atoms. The van der Waals surface area contributed by atoms with E-state index in [0.717, 1.165) is 8.95 Å². The molecule has 0 aliphatic carbocycles. The molecule has 0 saturated carbocycles. The van der Waals surface area contributed by atoms with E-state index in [1.165, 1.54) is 0 Å². The van der Waals surface area contributed by atoms with Gasteiger partial charge in [0.25, 0.3) is 5.91 Å². The molecule has 0 spiro atoms. The Kier molecular flexibility index (Phi) is 3.13. The molecule has 1 aromatic rings. The summed E-state index contributed by atoms with van der Waals surface area (Å²) in [5, 5.41) is 0. The monoisotopic (exact) mass is 332 g/mol. The SMILES string of the molecule is NC1CN(C(=O)c2cc(Br)ccc2Br)C1. The van der Waals surface area contributed by atoms with Crippen molar-refractivity contribution in [3.05, 3.63) is 32.7 Å². The Morgan fingerprint density at radius 2 is 2.07 bits per heavy atom. The summed E-state index contributed by atoms with van der Waals surface area (Å²) in [6, 6.07) is 5.70. The van der Waals surface area contributed by atoms with Crippen molar-refractivity contribution in [1.82, 2.24) is 4.90 Å². The van der Waals surface area contributed by atoms with Crippen molar-refractivity contribution in [3.63, 3.8) is 0 Å². The van der Waals surface area contributed by atoms with Gasteiger partial charge >= 0.3 is 0 Å². The van der Waals surface area contributed by atoms with Gasteiger partial charge in [0.1, 0.15) is 0 Å². The third-order valence-electron chi connectivity index (χ3n) is 2.36. The van der Waals surface area contributed by atoms with E-state index in [4.69, 9.17) is 5.73 Å². The maximum absolute atomic E-state index is 12.0. The highest BCUT2D eigenvalue weighted by Crippen LogP contribution is 2.24. The molecule has 0 unspecified atom stereocenters. The first-order valence-corrected chi connectivity index (χ1v) is 6.16. The van der Waals surface area contributed by atoms with Gasteiger partial charge in [-0.3, -0.25) is 4.79 Å². The third-order valence-corrected chi connectivity index (χ3v) is 3.54. The summed E-state index contributed by atoms with van der Waals surface area (Å²) in [6.07, 6.45) is 0. The Labute approximate surface area is 105 Å². The van der Waals surface area contributed by atoms with Crippen LogP contribution in [0.1, 0.15) is 10.4 Å². The standard InChI is InChI=1S/C10H10Br2N2O/c11-6-1-2-9(12)8(3-6)10(15)14-4-7(13)5-14/h1-3,7H,4-5,13H2. The van der Waals surface area contributed by atoms with Crippen LogP contribution in [0, 0.1) is 0 Å². The predicted octanol–water partition coefficient (Wildman–Crippen LogP) is 1.99. The Morgan fingerprint density at radius 1 is 1.40 bits per heavy atom. The van der Waals surface area contributed by atoms with Crippen molar-refractivity contribution in [2.24, 2.45) is 5.73 Å². The lowest BCUT2D eigenvalue weighted by atomic mass is 10.1. The molecule has 1 aromatic carbocycles. The summed E-state index contributed by atoms with van der Waals surface area (Å²) in [4.78, 5) is 13.7. The number of likely N-dealkylation sites (tertiary alicyclic amines) is 1. The summed E-state index contributed by atoms with van der Waals surface area (Å²) in [5.41, 5.74) is 6.31. The van der Waals surface area contributed by atoms with Crippen LogP contribution >= 0.6 is 31.9 Å². The number of hydrogen-bond donors (Lipinski definition) is 1. The molecule has 1 saturated heterocycles. The van der Waals surface area contributed by atoms with E-state index in [2.05, 4.69) is 31.9 Å². The largest absolute Gasteiger partial charge is 0.335 e. The van der Waals surface area contributed by atoms with E-state index in [0.29, 0.717) is 18.7 Å². The lowest BCUT2D eigenvalue weighted by Gasteiger charge is -2.37. The van der Waals surface area contributed by atoms with E-state index in [1.54, 1.807) is 4.90 Å². The topological polar surface area (TPSA) is 46.3 Å². The fourth-order valence-corrected chi connectivity index (χ4v) is 2.29. The molecule has 1 aliphatic rings. The van der Waals surface area contributed by atoms with Gasteiger partial charge in [-0.05, 0) is 34.1 Å². The van der Waals surface area contributed by atoms with Crippen LogP contribution < -0.4 is 5.73 Å². The lowest BCUT2D eigenvalue weighted by Crippen LogP contribution is -2.57. The molecule has 0 radical (unpaired) electrons. The molecule has 0 atom stereocenters. The number of halogens is 2. The second-order valence-corrected chi connectivity index (χ2v) is 5.36. The molecule has 1 fully saturated rings. The smallest absolute Gasteiger partial charge is 0.255 e. The van der Waals surface area contributed by atoms with Gasteiger partial charge in [0.2, 0.25) is 0 Å². The average molecular weight is 334 g/mol. The molecule has 1 amide bonds. The van der Waals surface area contributed by atoms with Crippen LogP contribution in [0.25, 0.3) is 0 Å². The number of benzene rings is 1. The summed E-state index contributed by atoms with van der Waals surface area (Å²) in [6.45, 7) is 1.30. The zero-order valence-corrected chi connectivity index (χ0v) is 11.1. The zero-order valence-electron chi connectivity index (χ0n) is 7.91. The molecule has 15 heavy (non-hydrogen) atoms. The van der Waals surface area contributed by atoms with Gasteiger partial charge in [0.05, 0.1) is 5.56 Å². The summed E-state index contributed by atoms with van der Waals surface area (Å²) in [5.74, 6) is 0.0323. The number of carbonyl (C=O) groups excluding carboxylic acids is 1. The molecule has 3 nitrogen and oxygen atoms in total. The summed E-state index contributed by atoms with van der Waals surface area (Å²) < 4.78 is 1.72. The van der Waals surface area contributed by atoms with Crippen LogP contribution in [0.3, 0.4) is 0 Å². The molecule has 0 aromatic heterocycles. The summed E-state index contributed by atoms with van der Waals surface area (Å²) in [7, 11) is 0. The Bertz CT molecular complexity index is 402. The molecule has 80 valence electrons. The summed E-state index contributed by atoms with van der Waals surface area (Å²) >= 11 is 6.72. The minimum atomic E-state index is 0.0323. The molecular weight excluding hydrogens is 324 g/mol. The number of nitrogens with zero attached hydrogens (tertiary/aromatic N) is 1. The lowest BCUT2D eigenvalue weighted by molar-refractivity contribution is 0.0607. The zero-order chi connectivity index (χ0) is 11.0. The molecule has 1 heterocycles. The van der Waals surface area contributed by atoms with E-state index >= 15 is 0 Å². The first kappa shape index (κ1) is 11.1. The van der Waals surface area contributed by atoms with E-state index in [1.807, 2.05) is 18.2 Å². The van der Waals surface area contributed by atoms with Crippen molar-refractivity contribution < 1.29 is 4.79 Å². The van der Waals surface area contributed by atoms with Crippen molar-refractivity contribution in [1.29, 1.82) is 0 Å². The van der Waals surface area contributed by atoms with Gasteiger partial charge in [0, 0.05) is 28.1 Å². The van der Waals surface area contributed by atoms with Gasteiger partial charge in [-0.1, -0.05) is 15.9 Å². The van der Waals surface area contributed by atoms with Crippen molar-refractivity contribution in [2.75, 3.05) is 13.1 Å². The van der Waals surface area contributed by atoms with Crippen molar-refractivity contribution in [3.8, 4) is 0 Å². The minimum Gasteiger partial charge on any atom is -0.335 e. The van der Waals surface area contributed by atoms with Crippen LogP contribution in [0.2, 0.25) is 0 Å². The fraction of sp³-hybridized carbons (Fsp3) is 0.300. The van der Waals surface area contributed by atoms with Gasteiger partial charge in [0.15, 0.2) is 0 Å². The minimum absolute atomic E-state index is 0.0323. The molecule has 2 rings (SSSR count). The highest BCUT2D eigenvalue weighted by Gasteiger charge is 2.29. The maximum atomic E-state index is 12.0.